The Hall–Kier alpha value is -2.89. The van der Waals surface area contributed by atoms with Gasteiger partial charge >= 0.3 is 17.9 Å². The van der Waals surface area contributed by atoms with Crippen molar-refractivity contribution >= 4 is 28.7 Å². The number of carboxylic acids is 1. The Morgan fingerprint density at radius 3 is 2.33 bits per heavy atom. The Balaban J connectivity index is 2.01. The van der Waals surface area contributed by atoms with E-state index in [4.69, 9.17) is 9.47 Å². The average Bonchev–Trinajstić information content (AvgIpc) is 2.64. The minimum absolute atomic E-state index is 0.00885. The normalized spacial score (nSPS) is 21.0. The van der Waals surface area contributed by atoms with Gasteiger partial charge in [-0.25, -0.2) is 0 Å². The van der Waals surface area contributed by atoms with Crippen molar-refractivity contribution in [2.75, 3.05) is 14.2 Å². The van der Waals surface area contributed by atoms with Gasteiger partial charge in [-0.1, -0.05) is 42.5 Å². The minimum atomic E-state index is -1.73. The number of rotatable bonds is 6. The fourth-order valence-corrected chi connectivity index (χ4v) is 4.03. The molecule has 2 aromatic carbocycles. The van der Waals surface area contributed by atoms with Crippen LogP contribution in [0.4, 0.5) is 0 Å². The first kappa shape index (κ1) is 18.9. The zero-order valence-corrected chi connectivity index (χ0v) is 15.3. The third kappa shape index (κ3) is 3.16. The van der Waals surface area contributed by atoms with E-state index in [1.54, 1.807) is 0 Å². The summed E-state index contributed by atoms with van der Waals surface area (Å²) in [4.78, 5) is 36.7. The lowest BCUT2D eigenvalue weighted by Gasteiger charge is -2.43. The standard InChI is InChI=1S/C21H22O6/c1-26-18(22)15-10-16(11-15)21(19(23)24,20(25)27-2)12-14-8-5-7-13-6-3-4-9-17(13)14/h3-9,15-16H,10-12H2,1-2H3,(H,23,24). The van der Waals surface area contributed by atoms with Crippen molar-refractivity contribution in [2.45, 2.75) is 19.3 Å². The molecule has 0 amide bonds. The van der Waals surface area contributed by atoms with Crippen LogP contribution in [0.15, 0.2) is 42.5 Å². The summed E-state index contributed by atoms with van der Waals surface area (Å²) in [5, 5.41) is 11.9. The number of carboxylic acid groups (broad SMARTS) is 1. The third-order valence-electron chi connectivity index (χ3n) is 5.65. The van der Waals surface area contributed by atoms with E-state index in [9.17, 15) is 19.5 Å². The quantitative estimate of drug-likeness (QED) is 0.621. The summed E-state index contributed by atoms with van der Waals surface area (Å²) in [5.74, 6) is -3.26. The van der Waals surface area contributed by atoms with Gasteiger partial charge in [0.05, 0.1) is 20.1 Å². The van der Waals surface area contributed by atoms with Gasteiger partial charge in [-0.15, -0.1) is 0 Å². The van der Waals surface area contributed by atoms with Crippen LogP contribution < -0.4 is 0 Å². The van der Waals surface area contributed by atoms with Crippen LogP contribution in [0.25, 0.3) is 10.8 Å². The first-order valence-electron chi connectivity index (χ1n) is 8.80. The van der Waals surface area contributed by atoms with Gasteiger partial charge in [0.1, 0.15) is 0 Å². The van der Waals surface area contributed by atoms with Gasteiger partial charge in [-0.05, 0) is 35.1 Å². The van der Waals surface area contributed by atoms with Crippen LogP contribution in [0.1, 0.15) is 18.4 Å². The van der Waals surface area contributed by atoms with E-state index < -0.39 is 23.3 Å². The number of esters is 2. The van der Waals surface area contributed by atoms with Gasteiger partial charge in [0, 0.05) is 6.42 Å². The van der Waals surface area contributed by atoms with Crippen molar-refractivity contribution < 1.29 is 29.0 Å². The number of hydrogen-bond donors (Lipinski definition) is 1. The van der Waals surface area contributed by atoms with E-state index in [2.05, 4.69) is 0 Å². The lowest BCUT2D eigenvalue weighted by atomic mass is 9.58. The summed E-state index contributed by atoms with van der Waals surface area (Å²) < 4.78 is 9.64. The zero-order chi connectivity index (χ0) is 19.6. The molecule has 1 aliphatic rings. The van der Waals surface area contributed by atoms with E-state index in [-0.39, 0.29) is 18.3 Å². The van der Waals surface area contributed by atoms with Crippen LogP contribution in [0, 0.1) is 17.3 Å². The monoisotopic (exact) mass is 370 g/mol. The fourth-order valence-electron chi connectivity index (χ4n) is 4.03. The van der Waals surface area contributed by atoms with Crippen LogP contribution in [-0.2, 0) is 30.3 Å². The molecule has 1 unspecified atom stereocenters. The van der Waals surface area contributed by atoms with Gasteiger partial charge in [-0.2, -0.15) is 0 Å². The molecule has 142 valence electrons. The number of fused-ring (bicyclic) bond motifs is 1. The highest BCUT2D eigenvalue weighted by Crippen LogP contribution is 2.49. The van der Waals surface area contributed by atoms with Crippen molar-refractivity contribution in [3.63, 3.8) is 0 Å². The zero-order valence-electron chi connectivity index (χ0n) is 15.3. The van der Waals surface area contributed by atoms with Gasteiger partial charge in [-0.3, -0.25) is 14.4 Å². The second-order valence-electron chi connectivity index (χ2n) is 6.97. The molecule has 0 radical (unpaired) electrons. The van der Waals surface area contributed by atoms with E-state index in [0.29, 0.717) is 12.8 Å². The van der Waals surface area contributed by atoms with Crippen molar-refractivity contribution in [1.82, 2.24) is 0 Å². The molecule has 3 rings (SSSR count). The van der Waals surface area contributed by atoms with Gasteiger partial charge in [0.15, 0.2) is 5.41 Å². The summed E-state index contributed by atoms with van der Waals surface area (Å²) in [5.41, 5.74) is -0.967. The first-order chi connectivity index (χ1) is 12.9. The lowest BCUT2D eigenvalue weighted by molar-refractivity contribution is -0.179. The van der Waals surface area contributed by atoms with Crippen LogP contribution >= 0.6 is 0 Å². The van der Waals surface area contributed by atoms with Gasteiger partial charge in [0.2, 0.25) is 0 Å². The smallest absolute Gasteiger partial charge is 0.323 e. The van der Waals surface area contributed by atoms with Crippen molar-refractivity contribution in [1.29, 1.82) is 0 Å². The van der Waals surface area contributed by atoms with Crippen LogP contribution in [-0.4, -0.2) is 37.2 Å². The molecule has 0 heterocycles. The Morgan fingerprint density at radius 2 is 1.70 bits per heavy atom. The van der Waals surface area contributed by atoms with E-state index >= 15 is 0 Å². The molecule has 0 spiro atoms. The van der Waals surface area contributed by atoms with Crippen LogP contribution in [0.3, 0.4) is 0 Å². The Labute approximate surface area is 157 Å². The molecule has 1 atom stereocenters. The Kier molecular flexibility index (Phi) is 5.17. The third-order valence-corrected chi connectivity index (χ3v) is 5.65. The molecule has 6 heteroatoms. The van der Waals surface area contributed by atoms with E-state index in [1.165, 1.54) is 14.2 Å². The largest absolute Gasteiger partial charge is 0.480 e. The molecule has 1 saturated carbocycles. The lowest BCUT2D eigenvalue weighted by Crippen LogP contribution is -2.53. The van der Waals surface area contributed by atoms with E-state index in [1.807, 2.05) is 42.5 Å². The summed E-state index contributed by atoms with van der Waals surface area (Å²) in [6.45, 7) is 0. The SMILES string of the molecule is COC(=O)C1CC(C(Cc2cccc3ccccc23)(C(=O)O)C(=O)OC)C1. The molecule has 6 nitrogen and oxygen atoms in total. The molecule has 2 aromatic rings. The molecule has 0 aromatic heterocycles. The molecular weight excluding hydrogens is 348 g/mol. The predicted octanol–water partition coefficient (Wildman–Crippen LogP) is 2.83. The van der Waals surface area contributed by atoms with Crippen LogP contribution in [0.5, 0.6) is 0 Å². The minimum Gasteiger partial charge on any atom is -0.480 e. The highest BCUT2D eigenvalue weighted by Gasteiger charge is 2.58. The van der Waals surface area contributed by atoms with E-state index in [0.717, 1.165) is 16.3 Å². The summed E-state index contributed by atoms with van der Waals surface area (Å²) in [6, 6.07) is 13.3. The number of ether oxygens (including phenoxy) is 2. The molecule has 1 aliphatic carbocycles. The molecular formula is C21H22O6. The predicted molar refractivity (Wildman–Crippen MR) is 98.0 cm³/mol. The Morgan fingerprint density at radius 1 is 1.04 bits per heavy atom. The second-order valence-corrected chi connectivity index (χ2v) is 6.97. The van der Waals surface area contributed by atoms with Crippen molar-refractivity contribution in [3.05, 3.63) is 48.0 Å². The van der Waals surface area contributed by atoms with Gasteiger partial charge in [0.25, 0.3) is 0 Å². The highest BCUT2D eigenvalue weighted by molar-refractivity contribution is 6.01. The number of methoxy groups -OCH3 is 2. The maximum atomic E-state index is 12.7. The number of hydrogen-bond acceptors (Lipinski definition) is 5. The van der Waals surface area contributed by atoms with Gasteiger partial charge < -0.3 is 14.6 Å². The molecule has 0 aliphatic heterocycles. The molecule has 27 heavy (non-hydrogen) atoms. The Bertz CT molecular complexity index is 878. The summed E-state index contributed by atoms with van der Waals surface area (Å²) in [7, 11) is 2.50. The van der Waals surface area contributed by atoms with Crippen molar-refractivity contribution in [2.24, 2.45) is 17.3 Å². The van der Waals surface area contributed by atoms with Crippen LogP contribution in [0.2, 0.25) is 0 Å². The topological polar surface area (TPSA) is 89.9 Å². The molecule has 0 saturated heterocycles. The number of carbonyl (C=O) groups is 3. The summed E-state index contributed by atoms with van der Waals surface area (Å²) >= 11 is 0. The maximum Gasteiger partial charge on any atom is 0.323 e. The maximum absolute atomic E-state index is 12.7. The molecule has 0 bridgehead atoms. The summed E-state index contributed by atoms with van der Waals surface area (Å²) in [6.07, 6.45) is 0.590. The molecule has 1 fully saturated rings. The molecule has 1 N–H and O–H groups in total. The van der Waals surface area contributed by atoms with Crippen molar-refractivity contribution in [3.8, 4) is 0 Å². The number of benzene rings is 2. The number of aliphatic carboxylic acids is 1. The highest BCUT2D eigenvalue weighted by atomic mass is 16.5. The fraction of sp³-hybridized carbons (Fsp3) is 0.381. The number of carbonyl (C=O) groups excluding carboxylic acids is 2. The second kappa shape index (κ2) is 7.39. The first-order valence-corrected chi connectivity index (χ1v) is 8.80. The average molecular weight is 370 g/mol.